The van der Waals surface area contributed by atoms with Gasteiger partial charge in [0, 0.05) is 12.5 Å². The van der Waals surface area contributed by atoms with Crippen molar-refractivity contribution in [3.05, 3.63) is 60.3 Å². The Kier molecular flexibility index (Phi) is 4.25. The van der Waals surface area contributed by atoms with Crippen LogP contribution >= 0.6 is 0 Å². The molecular weight excluding hydrogens is 226 g/mol. The van der Waals surface area contributed by atoms with Crippen molar-refractivity contribution >= 4 is 0 Å². The van der Waals surface area contributed by atoms with Crippen molar-refractivity contribution in [3.8, 4) is 0 Å². The Morgan fingerprint density at radius 2 is 2.17 bits per heavy atom. The van der Waals surface area contributed by atoms with Crippen LogP contribution in [0, 0.1) is 0 Å². The fourth-order valence-corrected chi connectivity index (χ4v) is 1.54. The Morgan fingerprint density at radius 1 is 1.39 bits per heavy atom. The van der Waals surface area contributed by atoms with E-state index in [0.717, 1.165) is 0 Å². The van der Waals surface area contributed by atoms with Gasteiger partial charge in [0.05, 0.1) is 6.54 Å². The molecule has 0 radical (unpaired) electrons. The van der Waals surface area contributed by atoms with Gasteiger partial charge >= 0.3 is 0 Å². The molecule has 1 aromatic carbocycles. The molecule has 0 bridgehead atoms. The lowest BCUT2D eigenvalue weighted by Crippen LogP contribution is -2.23. The van der Waals surface area contributed by atoms with E-state index in [1.54, 1.807) is 0 Å². The monoisotopic (exact) mass is 243 g/mol. The van der Waals surface area contributed by atoms with E-state index < -0.39 is 0 Å². The summed E-state index contributed by atoms with van der Waals surface area (Å²) < 4.78 is 5.17. The smallest absolute Gasteiger partial charge is 0.240 e. The highest BCUT2D eigenvalue weighted by Crippen LogP contribution is 2.06. The van der Waals surface area contributed by atoms with Gasteiger partial charge in [-0.1, -0.05) is 41.6 Å². The molecule has 0 saturated carbocycles. The van der Waals surface area contributed by atoms with Gasteiger partial charge in [-0.25, -0.2) is 0 Å². The Balaban J connectivity index is 1.92. The number of aromatic nitrogens is 2. The van der Waals surface area contributed by atoms with Gasteiger partial charge in [0.25, 0.3) is 0 Å². The number of nitrogens with zero attached hydrogens (tertiary/aromatic N) is 2. The summed E-state index contributed by atoms with van der Waals surface area (Å²) in [6.07, 6.45) is 2.53. The highest BCUT2D eigenvalue weighted by molar-refractivity contribution is 5.18. The van der Waals surface area contributed by atoms with Crippen molar-refractivity contribution in [1.82, 2.24) is 15.5 Å². The van der Waals surface area contributed by atoms with Crippen molar-refractivity contribution < 1.29 is 4.52 Å². The first kappa shape index (κ1) is 12.5. The van der Waals surface area contributed by atoms with Crippen LogP contribution in [0.5, 0.6) is 0 Å². The summed E-state index contributed by atoms with van der Waals surface area (Å²) in [5.41, 5.74) is 1.18. The maximum atomic E-state index is 5.17. The second-order valence-electron chi connectivity index (χ2n) is 4.17. The summed E-state index contributed by atoms with van der Waals surface area (Å²) in [6, 6.07) is 10.3. The Hall–Kier alpha value is -1.94. The molecule has 1 unspecified atom stereocenters. The zero-order chi connectivity index (χ0) is 12.8. The number of hydrogen-bond donors (Lipinski definition) is 1. The fourth-order valence-electron chi connectivity index (χ4n) is 1.54. The zero-order valence-electron chi connectivity index (χ0n) is 10.5. The van der Waals surface area contributed by atoms with Crippen molar-refractivity contribution in [3.63, 3.8) is 0 Å². The molecule has 1 atom stereocenters. The average molecular weight is 243 g/mol. The predicted octanol–water partition coefficient (Wildman–Crippen LogP) is 2.32. The third-order valence-electron chi connectivity index (χ3n) is 2.64. The molecule has 2 rings (SSSR count). The average Bonchev–Trinajstić information content (AvgIpc) is 2.85. The molecule has 1 N–H and O–H groups in total. The third kappa shape index (κ3) is 3.53. The minimum absolute atomic E-state index is 0.231. The van der Waals surface area contributed by atoms with Crippen LogP contribution in [0.2, 0.25) is 0 Å². The zero-order valence-corrected chi connectivity index (χ0v) is 10.5. The highest BCUT2D eigenvalue weighted by atomic mass is 16.5. The van der Waals surface area contributed by atoms with Crippen LogP contribution < -0.4 is 5.32 Å². The van der Waals surface area contributed by atoms with Crippen LogP contribution in [0.1, 0.15) is 24.2 Å². The number of rotatable bonds is 6. The van der Waals surface area contributed by atoms with Crippen molar-refractivity contribution in [2.24, 2.45) is 0 Å². The van der Waals surface area contributed by atoms with Gasteiger partial charge < -0.3 is 9.84 Å². The second kappa shape index (κ2) is 6.12. The van der Waals surface area contributed by atoms with Crippen molar-refractivity contribution in [1.29, 1.82) is 0 Å². The molecule has 1 aromatic heterocycles. The molecule has 0 fully saturated rings. The van der Waals surface area contributed by atoms with Gasteiger partial charge in [-0.15, -0.1) is 6.58 Å². The molecule has 2 aromatic rings. The maximum Gasteiger partial charge on any atom is 0.240 e. The Morgan fingerprint density at radius 3 is 2.89 bits per heavy atom. The van der Waals surface area contributed by atoms with E-state index >= 15 is 0 Å². The van der Waals surface area contributed by atoms with Crippen molar-refractivity contribution in [2.75, 3.05) is 0 Å². The summed E-state index contributed by atoms with van der Waals surface area (Å²) >= 11 is 0. The number of hydrogen-bond acceptors (Lipinski definition) is 4. The van der Waals surface area contributed by atoms with E-state index in [4.69, 9.17) is 4.52 Å². The number of nitrogens with one attached hydrogen (secondary N) is 1. The topological polar surface area (TPSA) is 51.0 Å². The second-order valence-corrected chi connectivity index (χ2v) is 4.17. The third-order valence-corrected chi connectivity index (χ3v) is 2.64. The summed E-state index contributed by atoms with van der Waals surface area (Å²) in [5, 5.41) is 7.17. The molecular formula is C14H17N3O. The van der Waals surface area contributed by atoms with Crippen molar-refractivity contribution in [2.45, 2.75) is 25.9 Å². The maximum absolute atomic E-state index is 5.17. The minimum Gasteiger partial charge on any atom is -0.338 e. The van der Waals surface area contributed by atoms with Gasteiger partial charge in [0.1, 0.15) is 0 Å². The van der Waals surface area contributed by atoms with Crippen LogP contribution in [0.15, 0.2) is 47.5 Å². The van der Waals surface area contributed by atoms with Gasteiger partial charge in [-0.2, -0.15) is 4.98 Å². The molecule has 4 heteroatoms. The Bertz CT molecular complexity index is 493. The first-order chi connectivity index (χ1) is 8.78. The molecule has 18 heavy (non-hydrogen) atoms. The normalized spacial score (nSPS) is 12.3. The summed E-state index contributed by atoms with van der Waals surface area (Å²) in [6.45, 7) is 6.29. The van der Waals surface area contributed by atoms with Crippen LogP contribution in [-0.4, -0.2) is 16.2 Å². The van der Waals surface area contributed by atoms with Crippen LogP contribution in [0.4, 0.5) is 0 Å². The Labute approximate surface area is 107 Å². The van der Waals surface area contributed by atoms with Gasteiger partial charge in [-0.3, -0.25) is 0 Å². The van der Waals surface area contributed by atoms with Gasteiger partial charge in [0.2, 0.25) is 5.89 Å². The molecule has 94 valence electrons. The quantitative estimate of drug-likeness (QED) is 0.791. The summed E-state index contributed by atoms with van der Waals surface area (Å²) in [4.78, 5) is 4.34. The number of benzene rings is 1. The van der Waals surface area contributed by atoms with E-state index in [9.17, 15) is 0 Å². The lowest BCUT2D eigenvalue weighted by molar-refractivity contribution is 0.360. The molecule has 0 spiro atoms. The molecule has 0 aliphatic carbocycles. The summed E-state index contributed by atoms with van der Waals surface area (Å²) in [5.74, 6) is 1.32. The molecule has 0 aliphatic heterocycles. The predicted molar refractivity (Wildman–Crippen MR) is 70.0 cm³/mol. The molecule has 1 heterocycles. The van der Waals surface area contributed by atoms with Gasteiger partial charge in [-0.05, 0) is 12.5 Å². The van der Waals surface area contributed by atoms with E-state index in [-0.39, 0.29) is 6.04 Å². The lowest BCUT2D eigenvalue weighted by atomic mass is 10.1. The highest BCUT2D eigenvalue weighted by Gasteiger charge is 2.07. The van der Waals surface area contributed by atoms with E-state index in [1.807, 2.05) is 43.3 Å². The van der Waals surface area contributed by atoms with Crippen LogP contribution in [0.25, 0.3) is 0 Å². The minimum atomic E-state index is 0.231. The standard InChI is InChI=1S/C14H17N3O/c1-3-11(2)15-10-14-16-13(17-18-14)9-12-7-5-4-6-8-12/h3-8,11,15H,1,9-10H2,2H3. The van der Waals surface area contributed by atoms with E-state index in [0.29, 0.717) is 24.7 Å². The lowest BCUT2D eigenvalue weighted by Gasteiger charge is -2.04. The molecule has 0 aliphatic rings. The summed E-state index contributed by atoms with van der Waals surface area (Å²) in [7, 11) is 0. The van der Waals surface area contributed by atoms with Crippen LogP contribution in [-0.2, 0) is 13.0 Å². The van der Waals surface area contributed by atoms with Gasteiger partial charge in [0.15, 0.2) is 5.82 Å². The first-order valence-electron chi connectivity index (χ1n) is 5.99. The first-order valence-corrected chi connectivity index (χ1v) is 5.99. The van der Waals surface area contributed by atoms with E-state index in [1.165, 1.54) is 5.56 Å². The SMILES string of the molecule is C=CC(C)NCc1nc(Cc2ccccc2)no1. The largest absolute Gasteiger partial charge is 0.338 e. The molecule has 0 saturated heterocycles. The van der Waals surface area contributed by atoms with E-state index in [2.05, 4.69) is 22.0 Å². The fraction of sp³-hybridized carbons (Fsp3) is 0.286. The van der Waals surface area contributed by atoms with Crippen LogP contribution in [0.3, 0.4) is 0 Å². The molecule has 4 nitrogen and oxygen atoms in total. The molecule has 0 amide bonds.